The Labute approximate surface area is 275 Å². The minimum Gasteiger partial charge on any atom is -0.310 e. The normalized spacial score (nSPS) is 13.1. The van der Waals surface area contributed by atoms with Gasteiger partial charge in [-0.2, -0.15) is 0 Å². The van der Waals surface area contributed by atoms with Gasteiger partial charge in [0.15, 0.2) is 0 Å². The predicted molar refractivity (Wildman–Crippen MR) is 196 cm³/mol. The van der Waals surface area contributed by atoms with Gasteiger partial charge in [0.2, 0.25) is 0 Å². The molecule has 0 radical (unpaired) electrons. The van der Waals surface area contributed by atoms with Crippen LogP contribution in [0.3, 0.4) is 0 Å². The quantitative estimate of drug-likeness (QED) is 0.195. The number of hydrogen-bond acceptors (Lipinski definition) is 2. The second-order valence-corrected chi connectivity index (χ2v) is 12.9. The van der Waals surface area contributed by atoms with Crippen molar-refractivity contribution in [1.29, 1.82) is 0 Å². The van der Waals surface area contributed by atoms with Crippen LogP contribution in [0.2, 0.25) is 0 Å². The summed E-state index contributed by atoms with van der Waals surface area (Å²) in [6.07, 6.45) is 3.76. The standard InChI is InChI=1S/C44H33N3/c1-44(2)40-19-8-6-17-36(40)37-23-21-35(28-41(37)44)46(33-16-10-12-30(26-33)31-13-11-25-45-29-31)34-22-24-43-39(27-34)38-18-7-9-20-42(38)47(43)32-14-4-3-5-15-32/h3-29H,1-2H3. The monoisotopic (exact) mass is 603 g/mol. The number of benzene rings is 6. The fourth-order valence-electron chi connectivity index (χ4n) is 7.59. The Hall–Kier alpha value is -5.93. The lowest BCUT2D eigenvalue weighted by Gasteiger charge is -2.28. The van der Waals surface area contributed by atoms with Gasteiger partial charge in [-0.25, -0.2) is 0 Å². The second kappa shape index (κ2) is 10.6. The lowest BCUT2D eigenvalue weighted by Crippen LogP contribution is -2.16. The average Bonchev–Trinajstić information content (AvgIpc) is 3.57. The number of hydrogen-bond donors (Lipinski definition) is 0. The molecule has 0 unspecified atom stereocenters. The third-order valence-corrected chi connectivity index (χ3v) is 9.85. The number of fused-ring (bicyclic) bond motifs is 6. The molecule has 0 N–H and O–H groups in total. The molecule has 0 saturated carbocycles. The van der Waals surface area contributed by atoms with Crippen molar-refractivity contribution in [1.82, 2.24) is 9.55 Å². The van der Waals surface area contributed by atoms with Crippen LogP contribution in [0.15, 0.2) is 164 Å². The van der Waals surface area contributed by atoms with Crippen molar-refractivity contribution < 1.29 is 0 Å². The van der Waals surface area contributed by atoms with Gasteiger partial charge in [-0.15, -0.1) is 0 Å². The van der Waals surface area contributed by atoms with Gasteiger partial charge in [-0.3, -0.25) is 4.98 Å². The maximum atomic E-state index is 4.40. The second-order valence-electron chi connectivity index (χ2n) is 12.9. The molecule has 6 aromatic carbocycles. The maximum Gasteiger partial charge on any atom is 0.0542 e. The number of pyridine rings is 1. The van der Waals surface area contributed by atoms with Crippen molar-refractivity contribution in [3.63, 3.8) is 0 Å². The third kappa shape index (κ3) is 4.31. The Bertz CT molecular complexity index is 2440. The van der Waals surface area contributed by atoms with E-state index in [2.05, 4.69) is 174 Å². The van der Waals surface area contributed by atoms with Gasteiger partial charge >= 0.3 is 0 Å². The SMILES string of the molecule is CC1(C)c2ccccc2-c2ccc(N(c3cccc(-c4cccnc4)c3)c3ccc4c(c3)c3ccccc3n4-c3ccccc3)cc21. The molecule has 1 aliphatic rings. The molecular weight excluding hydrogens is 571 g/mol. The van der Waals surface area contributed by atoms with E-state index in [1.54, 1.807) is 0 Å². The molecular formula is C44H33N3. The summed E-state index contributed by atoms with van der Waals surface area (Å²) in [5.74, 6) is 0. The fourth-order valence-corrected chi connectivity index (χ4v) is 7.59. The smallest absolute Gasteiger partial charge is 0.0542 e. The minimum absolute atomic E-state index is 0.0990. The molecule has 0 amide bonds. The Balaban J connectivity index is 1.28. The summed E-state index contributed by atoms with van der Waals surface area (Å²) >= 11 is 0. The molecule has 0 bridgehead atoms. The molecule has 1 aliphatic carbocycles. The van der Waals surface area contributed by atoms with Crippen LogP contribution in [0.5, 0.6) is 0 Å². The van der Waals surface area contributed by atoms with Gasteiger partial charge < -0.3 is 9.47 Å². The van der Waals surface area contributed by atoms with E-state index >= 15 is 0 Å². The number of rotatable bonds is 5. The first-order valence-corrected chi connectivity index (χ1v) is 16.2. The van der Waals surface area contributed by atoms with Gasteiger partial charge in [0.05, 0.1) is 11.0 Å². The van der Waals surface area contributed by atoms with E-state index in [4.69, 9.17) is 0 Å². The number of anilines is 3. The molecule has 0 saturated heterocycles. The highest BCUT2D eigenvalue weighted by molar-refractivity contribution is 6.10. The zero-order valence-electron chi connectivity index (χ0n) is 26.4. The van der Waals surface area contributed by atoms with Crippen LogP contribution in [-0.4, -0.2) is 9.55 Å². The first-order valence-electron chi connectivity index (χ1n) is 16.2. The first-order chi connectivity index (χ1) is 23.1. The molecule has 0 aliphatic heterocycles. The molecule has 47 heavy (non-hydrogen) atoms. The lowest BCUT2D eigenvalue weighted by atomic mass is 9.82. The van der Waals surface area contributed by atoms with Gasteiger partial charge in [0.25, 0.3) is 0 Å². The highest BCUT2D eigenvalue weighted by atomic mass is 15.1. The van der Waals surface area contributed by atoms with Crippen LogP contribution < -0.4 is 4.90 Å². The summed E-state index contributed by atoms with van der Waals surface area (Å²) in [5.41, 5.74) is 14.4. The highest BCUT2D eigenvalue weighted by Gasteiger charge is 2.35. The van der Waals surface area contributed by atoms with Crippen molar-refractivity contribution in [2.75, 3.05) is 4.90 Å². The van der Waals surface area contributed by atoms with Crippen molar-refractivity contribution in [3.05, 3.63) is 175 Å². The Morgan fingerprint density at radius 2 is 1.21 bits per heavy atom. The van der Waals surface area contributed by atoms with Gasteiger partial charge in [-0.05, 0) is 94.5 Å². The maximum absolute atomic E-state index is 4.40. The lowest BCUT2D eigenvalue weighted by molar-refractivity contribution is 0.660. The van der Waals surface area contributed by atoms with Gasteiger partial charge in [-0.1, -0.05) is 98.8 Å². The molecule has 8 aromatic rings. The third-order valence-electron chi connectivity index (χ3n) is 9.85. The number of aromatic nitrogens is 2. The Morgan fingerprint density at radius 3 is 2.09 bits per heavy atom. The van der Waals surface area contributed by atoms with E-state index in [0.29, 0.717) is 0 Å². The molecule has 2 heterocycles. The summed E-state index contributed by atoms with van der Waals surface area (Å²) in [4.78, 5) is 6.81. The van der Waals surface area contributed by atoms with E-state index in [-0.39, 0.29) is 5.41 Å². The average molecular weight is 604 g/mol. The van der Waals surface area contributed by atoms with E-state index in [9.17, 15) is 0 Å². The largest absolute Gasteiger partial charge is 0.310 e. The zero-order valence-corrected chi connectivity index (χ0v) is 26.4. The summed E-state index contributed by atoms with van der Waals surface area (Å²) < 4.78 is 2.37. The zero-order chi connectivity index (χ0) is 31.5. The molecule has 3 nitrogen and oxygen atoms in total. The molecule has 0 spiro atoms. The Kier molecular flexibility index (Phi) is 6.16. The first kappa shape index (κ1) is 27.4. The van der Waals surface area contributed by atoms with Crippen molar-refractivity contribution >= 4 is 38.9 Å². The molecule has 0 atom stereocenters. The summed E-state index contributed by atoms with van der Waals surface area (Å²) in [6.45, 7) is 4.69. The van der Waals surface area contributed by atoms with Crippen LogP contribution in [0.1, 0.15) is 25.0 Å². The number of para-hydroxylation sites is 2. The van der Waals surface area contributed by atoms with E-state index < -0.39 is 0 Å². The number of nitrogens with zero attached hydrogens (tertiary/aromatic N) is 3. The van der Waals surface area contributed by atoms with Crippen molar-refractivity contribution in [2.45, 2.75) is 19.3 Å². The van der Waals surface area contributed by atoms with Crippen LogP contribution >= 0.6 is 0 Å². The molecule has 224 valence electrons. The molecule has 9 rings (SSSR count). The van der Waals surface area contributed by atoms with Crippen molar-refractivity contribution in [2.24, 2.45) is 0 Å². The van der Waals surface area contributed by atoms with Crippen molar-refractivity contribution in [3.8, 4) is 27.9 Å². The Morgan fingerprint density at radius 1 is 0.511 bits per heavy atom. The van der Waals surface area contributed by atoms with E-state index in [0.717, 1.165) is 33.9 Å². The fraction of sp³-hybridized carbons (Fsp3) is 0.0682. The van der Waals surface area contributed by atoms with Crippen LogP contribution in [-0.2, 0) is 5.41 Å². The summed E-state index contributed by atoms with van der Waals surface area (Å²) in [7, 11) is 0. The minimum atomic E-state index is -0.0990. The topological polar surface area (TPSA) is 21.1 Å². The summed E-state index contributed by atoms with van der Waals surface area (Å²) in [6, 6.07) is 55.1. The molecule has 3 heteroatoms. The highest BCUT2D eigenvalue weighted by Crippen LogP contribution is 2.51. The van der Waals surface area contributed by atoms with Crippen LogP contribution in [0.4, 0.5) is 17.1 Å². The predicted octanol–water partition coefficient (Wildman–Crippen LogP) is 11.6. The molecule has 2 aromatic heterocycles. The van der Waals surface area contributed by atoms with Gasteiger partial charge in [0.1, 0.15) is 0 Å². The summed E-state index contributed by atoms with van der Waals surface area (Å²) in [5, 5.41) is 2.46. The molecule has 0 fully saturated rings. The van der Waals surface area contributed by atoms with Crippen LogP contribution in [0.25, 0.3) is 49.7 Å². The van der Waals surface area contributed by atoms with E-state index in [1.807, 2.05) is 18.5 Å². The van der Waals surface area contributed by atoms with E-state index in [1.165, 1.54) is 44.1 Å². The van der Waals surface area contributed by atoms with Crippen LogP contribution in [0, 0.1) is 0 Å². The van der Waals surface area contributed by atoms with Gasteiger partial charge in [0, 0.05) is 56.9 Å².